The van der Waals surface area contributed by atoms with Crippen molar-refractivity contribution in [2.45, 2.75) is 6.54 Å². The van der Waals surface area contributed by atoms with Gasteiger partial charge < -0.3 is 4.90 Å². The molecule has 0 aliphatic carbocycles. The molecule has 1 aromatic rings. The zero-order valence-electron chi connectivity index (χ0n) is 6.96. The van der Waals surface area contributed by atoms with Gasteiger partial charge in [0.25, 0.3) is 0 Å². The fraction of sp³-hybridized carbons (Fsp3) is 0.333. The van der Waals surface area contributed by atoms with E-state index in [9.17, 15) is 0 Å². The molecule has 11 heavy (non-hydrogen) atoms. The van der Waals surface area contributed by atoms with Gasteiger partial charge in [0.15, 0.2) is 0 Å². The number of nitrogens with zero attached hydrogens (tertiary/aromatic N) is 1. The Bertz CT molecular complexity index is 231. The Labute approximate surface area is 67.6 Å². The lowest BCUT2D eigenvalue weighted by Crippen LogP contribution is -2.11. The van der Waals surface area contributed by atoms with Crippen LogP contribution in [-0.4, -0.2) is 14.1 Å². The van der Waals surface area contributed by atoms with Crippen LogP contribution in [0.4, 0.5) is 5.69 Å². The lowest BCUT2D eigenvalue weighted by molar-refractivity contribution is 0.998. The van der Waals surface area contributed by atoms with Gasteiger partial charge in [-0.05, 0) is 11.6 Å². The Balaban J connectivity index is 3.02. The van der Waals surface area contributed by atoms with Crippen LogP contribution >= 0.6 is 0 Å². The SMILES string of the molecule is CN(C)c1ccccc1C[NH]. The number of nitrogens with one attached hydrogen (secondary N) is 1. The van der Waals surface area contributed by atoms with Crippen molar-refractivity contribution < 1.29 is 0 Å². The molecule has 0 spiro atoms. The molecule has 0 heterocycles. The van der Waals surface area contributed by atoms with E-state index in [4.69, 9.17) is 5.73 Å². The highest BCUT2D eigenvalue weighted by Crippen LogP contribution is 2.16. The maximum Gasteiger partial charge on any atom is 0.0407 e. The molecule has 0 saturated carbocycles. The van der Waals surface area contributed by atoms with Gasteiger partial charge in [0.05, 0.1) is 0 Å². The number of rotatable bonds is 2. The predicted molar refractivity (Wildman–Crippen MR) is 47.6 cm³/mol. The van der Waals surface area contributed by atoms with E-state index < -0.39 is 0 Å². The number of para-hydroxylation sites is 1. The Kier molecular flexibility index (Phi) is 2.49. The van der Waals surface area contributed by atoms with Crippen LogP contribution in [0.2, 0.25) is 0 Å². The molecule has 2 heteroatoms. The molecule has 0 aromatic heterocycles. The molecule has 0 fully saturated rings. The third kappa shape index (κ3) is 1.71. The van der Waals surface area contributed by atoms with Crippen LogP contribution in [0.3, 0.4) is 0 Å². The normalized spacial score (nSPS) is 9.73. The van der Waals surface area contributed by atoms with Gasteiger partial charge in [0.2, 0.25) is 0 Å². The smallest absolute Gasteiger partial charge is 0.0407 e. The lowest BCUT2D eigenvalue weighted by Gasteiger charge is -2.15. The van der Waals surface area contributed by atoms with Gasteiger partial charge in [-0.15, -0.1) is 0 Å². The molecule has 0 atom stereocenters. The molecule has 1 rings (SSSR count). The summed E-state index contributed by atoms with van der Waals surface area (Å²) in [6, 6.07) is 7.98. The topological polar surface area (TPSA) is 27.0 Å². The first kappa shape index (κ1) is 8.08. The second-order valence-electron chi connectivity index (χ2n) is 2.70. The Morgan fingerprint density at radius 3 is 2.36 bits per heavy atom. The number of hydrogen-bond donors (Lipinski definition) is 0. The molecule has 59 valence electrons. The van der Waals surface area contributed by atoms with Crippen molar-refractivity contribution in [1.29, 1.82) is 0 Å². The van der Waals surface area contributed by atoms with Crippen LogP contribution < -0.4 is 10.6 Å². The summed E-state index contributed by atoms with van der Waals surface area (Å²) in [6.07, 6.45) is 0. The third-order valence-corrected chi connectivity index (χ3v) is 1.66. The van der Waals surface area contributed by atoms with Gasteiger partial charge in [0, 0.05) is 26.3 Å². The van der Waals surface area contributed by atoms with Crippen molar-refractivity contribution in [3.8, 4) is 0 Å². The van der Waals surface area contributed by atoms with Gasteiger partial charge >= 0.3 is 0 Å². The van der Waals surface area contributed by atoms with Crippen molar-refractivity contribution in [2.75, 3.05) is 19.0 Å². The summed E-state index contributed by atoms with van der Waals surface area (Å²) in [5.41, 5.74) is 9.47. The lowest BCUT2D eigenvalue weighted by atomic mass is 10.2. The first-order valence-corrected chi connectivity index (χ1v) is 3.65. The highest BCUT2D eigenvalue weighted by atomic mass is 15.1. The monoisotopic (exact) mass is 149 g/mol. The van der Waals surface area contributed by atoms with Crippen LogP contribution in [0.5, 0.6) is 0 Å². The fourth-order valence-corrected chi connectivity index (χ4v) is 1.10. The van der Waals surface area contributed by atoms with E-state index in [1.54, 1.807) is 0 Å². The van der Waals surface area contributed by atoms with Crippen molar-refractivity contribution in [2.24, 2.45) is 0 Å². The van der Waals surface area contributed by atoms with Crippen LogP contribution in [0.1, 0.15) is 5.56 Å². The number of hydrogen-bond acceptors (Lipinski definition) is 1. The van der Waals surface area contributed by atoms with Crippen LogP contribution in [0.15, 0.2) is 24.3 Å². The zero-order valence-corrected chi connectivity index (χ0v) is 6.96. The highest BCUT2D eigenvalue weighted by Gasteiger charge is 1.99. The molecule has 0 aliphatic heterocycles. The molecule has 0 unspecified atom stereocenters. The van der Waals surface area contributed by atoms with Crippen molar-refractivity contribution in [3.63, 3.8) is 0 Å². The summed E-state index contributed by atoms with van der Waals surface area (Å²) in [5, 5.41) is 0. The molecule has 1 N–H and O–H groups in total. The third-order valence-electron chi connectivity index (χ3n) is 1.66. The Morgan fingerprint density at radius 1 is 1.27 bits per heavy atom. The predicted octanol–water partition coefficient (Wildman–Crippen LogP) is 1.54. The minimum absolute atomic E-state index is 0.356. The first-order valence-electron chi connectivity index (χ1n) is 3.65. The second kappa shape index (κ2) is 3.39. The van der Waals surface area contributed by atoms with E-state index in [-0.39, 0.29) is 0 Å². The standard InChI is InChI=1S/C9H13N2/c1-11(2)9-6-4-3-5-8(9)7-10/h3-6,10H,7H2,1-2H3. The summed E-state index contributed by atoms with van der Waals surface area (Å²) in [5.74, 6) is 0. The molecule has 1 aromatic carbocycles. The molecular formula is C9H13N2. The molecule has 0 amide bonds. The van der Waals surface area contributed by atoms with Crippen molar-refractivity contribution in [3.05, 3.63) is 29.8 Å². The van der Waals surface area contributed by atoms with E-state index in [0.29, 0.717) is 6.54 Å². The first-order chi connectivity index (χ1) is 5.25. The van der Waals surface area contributed by atoms with Crippen molar-refractivity contribution >= 4 is 5.69 Å². The van der Waals surface area contributed by atoms with Gasteiger partial charge in [0.1, 0.15) is 0 Å². The maximum absolute atomic E-state index is 7.25. The summed E-state index contributed by atoms with van der Waals surface area (Å²) >= 11 is 0. The van der Waals surface area contributed by atoms with E-state index in [2.05, 4.69) is 0 Å². The zero-order chi connectivity index (χ0) is 8.27. The minimum Gasteiger partial charge on any atom is -0.377 e. The molecule has 0 aliphatic rings. The molecule has 0 bridgehead atoms. The van der Waals surface area contributed by atoms with Gasteiger partial charge in [-0.25, -0.2) is 0 Å². The minimum atomic E-state index is 0.356. The second-order valence-corrected chi connectivity index (χ2v) is 2.70. The quantitative estimate of drug-likeness (QED) is 0.626. The van der Waals surface area contributed by atoms with E-state index in [1.165, 1.54) is 0 Å². The summed E-state index contributed by atoms with van der Waals surface area (Å²) in [6.45, 7) is 0.356. The summed E-state index contributed by atoms with van der Waals surface area (Å²) in [7, 11) is 3.99. The molecule has 0 saturated heterocycles. The van der Waals surface area contributed by atoms with Crippen molar-refractivity contribution in [1.82, 2.24) is 5.73 Å². The van der Waals surface area contributed by atoms with Crippen LogP contribution in [0, 0.1) is 0 Å². The molecule has 1 radical (unpaired) electrons. The maximum atomic E-state index is 7.25. The highest BCUT2D eigenvalue weighted by molar-refractivity contribution is 5.52. The van der Waals surface area contributed by atoms with Gasteiger partial charge in [-0.1, -0.05) is 18.2 Å². The molecule has 2 nitrogen and oxygen atoms in total. The Morgan fingerprint density at radius 2 is 1.91 bits per heavy atom. The average molecular weight is 149 g/mol. The van der Waals surface area contributed by atoms with E-state index >= 15 is 0 Å². The fourth-order valence-electron chi connectivity index (χ4n) is 1.10. The van der Waals surface area contributed by atoms with E-state index in [1.807, 2.05) is 43.3 Å². The average Bonchev–Trinajstić information content (AvgIpc) is 2.04. The number of anilines is 1. The largest absolute Gasteiger partial charge is 0.377 e. The molecular weight excluding hydrogens is 136 g/mol. The van der Waals surface area contributed by atoms with Crippen LogP contribution in [0.25, 0.3) is 0 Å². The number of benzene rings is 1. The summed E-state index contributed by atoms with van der Waals surface area (Å²) in [4.78, 5) is 2.03. The Hall–Kier alpha value is -1.02. The van der Waals surface area contributed by atoms with E-state index in [0.717, 1.165) is 11.3 Å². The van der Waals surface area contributed by atoms with Gasteiger partial charge in [-0.2, -0.15) is 0 Å². The summed E-state index contributed by atoms with van der Waals surface area (Å²) < 4.78 is 0. The van der Waals surface area contributed by atoms with Crippen LogP contribution in [-0.2, 0) is 6.54 Å². The van der Waals surface area contributed by atoms with Gasteiger partial charge in [-0.3, -0.25) is 5.73 Å².